The first-order valence-electron chi connectivity index (χ1n) is 7.80. The SMILES string of the molecule is COC(=O)OC1(CCCCc2ccc(Cl)cc2)CC=CCC1. The highest BCUT2D eigenvalue weighted by Gasteiger charge is 2.34. The molecule has 1 aliphatic rings. The Hall–Kier alpha value is -1.48. The molecule has 1 atom stereocenters. The van der Waals surface area contributed by atoms with Gasteiger partial charge in [0.1, 0.15) is 5.60 Å². The van der Waals surface area contributed by atoms with E-state index in [2.05, 4.69) is 29.0 Å². The van der Waals surface area contributed by atoms with Crippen LogP contribution in [0.3, 0.4) is 0 Å². The lowest BCUT2D eigenvalue weighted by Crippen LogP contribution is -2.36. The average Bonchev–Trinajstić information content (AvgIpc) is 2.54. The van der Waals surface area contributed by atoms with Gasteiger partial charge in [0, 0.05) is 11.4 Å². The molecule has 1 unspecified atom stereocenters. The van der Waals surface area contributed by atoms with Gasteiger partial charge in [-0.25, -0.2) is 4.79 Å². The fraction of sp³-hybridized carbons (Fsp3) is 0.500. The van der Waals surface area contributed by atoms with Crippen LogP contribution in [0.4, 0.5) is 4.79 Å². The van der Waals surface area contributed by atoms with Gasteiger partial charge in [-0.2, -0.15) is 0 Å². The van der Waals surface area contributed by atoms with Gasteiger partial charge >= 0.3 is 6.16 Å². The monoisotopic (exact) mass is 322 g/mol. The van der Waals surface area contributed by atoms with Crippen molar-refractivity contribution >= 4 is 17.8 Å². The molecular formula is C18H23ClO3. The van der Waals surface area contributed by atoms with Crippen molar-refractivity contribution in [2.75, 3.05) is 7.11 Å². The quantitative estimate of drug-likeness (QED) is 0.404. The first-order chi connectivity index (χ1) is 10.6. The van der Waals surface area contributed by atoms with Crippen molar-refractivity contribution in [1.82, 2.24) is 0 Å². The van der Waals surface area contributed by atoms with E-state index in [1.807, 2.05) is 12.1 Å². The summed E-state index contributed by atoms with van der Waals surface area (Å²) < 4.78 is 10.2. The minimum atomic E-state index is -0.576. The van der Waals surface area contributed by atoms with Crippen LogP contribution >= 0.6 is 11.6 Å². The van der Waals surface area contributed by atoms with E-state index in [1.165, 1.54) is 12.7 Å². The van der Waals surface area contributed by atoms with E-state index >= 15 is 0 Å². The van der Waals surface area contributed by atoms with Crippen molar-refractivity contribution in [3.8, 4) is 0 Å². The van der Waals surface area contributed by atoms with Gasteiger partial charge in [0.15, 0.2) is 0 Å². The molecule has 0 bridgehead atoms. The molecule has 0 spiro atoms. The summed E-state index contributed by atoms with van der Waals surface area (Å²) in [4.78, 5) is 11.5. The second-order valence-electron chi connectivity index (χ2n) is 5.79. The van der Waals surface area contributed by atoms with Gasteiger partial charge in [0.2, 0.25) is 0 Å². The number of unbranched alkanes of at least 4 members (excludes halogenated alkanes) is 1. The third-order valence-electron chi connectivity index (χ3n) is 4.15. The number of halogens is 1. The van der Waals surface area contributed by atoms with Gasteiger partial charge in [-0.3, -0.25) is 0 Å². The summed E-state index contributed by atoms with van der Waals surface area (Å²) in [6.07, 6.45) is 10.3. The summed E-state index contributed by atoms with van der Waals surface area (Å²) >= 11 is 5.89. The highest BCUT2D eigenvalue weighted by Crippen LogP contribution is 2.33. The molecule has 22 heavy (non-hydrogen) atoms. The van der Waals surface area contributed by atoms with E-state index in [0.717, 1.165) is 50.0 Å². The van der Waals surface area contributed by atoms with Gasteiger partial charge in [-0.1, -0.05) is 35.9 Å². The van der Waals surface area contributed by atoms with E-state index < -0.39 is 6.16 Å². The Bertz CT molecular complexity index is 510. The molecule has 1 aromatic rings. The molecule has 0 saturated heterocycles. The number of aryl methyl sites for hydroxylation is 1. The average molecular weight is 323 g/mol. The van der Waals surface area contributed by atoms with Gasteiger partial charge in [0.25, 0.3) is 0 Å². The second-order valence-corrected chi connectivity index (χ2v) is 6.22. The number of carbonyl (C=O) groups excluding carboxylic acids is 1. The van der Waals surface area contributed by atoms with Crippen molar-refractivity contribution in [2.24, 2.45) is 0 Å². The molecule has 0 aliphatic heterocycles. The molecule has 3 nitrogen and oxygen atoms in total. The summed E-state index contributed by atoms with van der Waals surface area (Å²) in [7, 11) is 1.36. The van der Waals surface area contributed by atoms with Crippen LogP contribution in [0.2, 0.25) is 5.02 Å². The largest absolute Gasteiger partial charge is 0.508 e. The Labute approximate surface area is 137 Å². The molecule has 120 valence electrons. The van der Waals surface area contributed by atoms with Crippen LogP contribution in [0.1, 0.15) is 44.1 Å². The smallest absolute Gasteiger partial charge is 0.438 e. The highest BCUT2D eigenvalue weighted by atomic mass is 35.5. The van der Waals surface area contributed by atoms with Crippen LogP contribution in [0.5, 0.6) is 0 Å². The lowest BCUT2D eigenvalue weighted by molar-refractivity contribution is -0.0390. The number of methoxy groups -OCH3 is 1. The topological polar surface area (TPSA) is 35.5 Å². The molecule has 0 heterocycles. The number of hydrogen-bond acceptors (Lipinski definition) is 3. The van der Waals surface area contributed by atoms with Crippen LogP contribution in [-0.2, 0) is 15.9 Å². The maximum atomic E-state index is 11.5. The first-order valence-corrected chi connectivity index (χ1v) is 8.18. The van der Waals surface area contributed by atoms with E-state index in [-0.39, 0.29) is 5.60 Å². The Kier molecular flexibility index (Phi) is 6.32. The van der Waals surface area contributed by atoms with Gasteiger partial charge < -0.3 is 9.47 Å². The maximum Gasteiger partial charge on any atom is 0.508 e. The summed E-state index contributed by atoms with van der Waals surface area (Å²) in [6, 6.07) is 7.97. The van der Waals surface area contributed by atoms with Crippen molar-refractivity contribution < 1.29 is 14.3 Å². The third-order valence-corrected chi connectivity index (χ3v) is 4.40. The van der Waals surface area contributed by atoms with Crippen LogP contribution in [0.25, 0.3) is 0 Å². The first kappa shape index (κ1) is 16.9. The maximum absolute atomic E-state index is 11.5. The van der Waals surface area contributed by atoms with Crippen molar-refractivity contribution in [3.63, 3.8) is 0 Å². The minimum absolute atomic E-state index is 0.387. The Balaban J connectivity index is 1.82. The van der Waals surface area contributed by atoms with Gasteiger partial charge in [-0.15, -0.1) is 0 Å². The number of rotatable bonds is 6. The molecule has 0 amide bonds. The van der Waals surface area contributed by atoms with Crippen molar-refractivity contribution in [1.29, 1.82) is 0 Å². The van der Waals surface area contributed by atoms with Gasteiger partial charge in [-0.05, 0) is 56.2 Å². The molecule has 0 radical (unpaired) electrons. The fourth-order valence-corrected chi connectivity index (χ4v) is 3.01. The summed E-state index contributed by atoms with van der Waals surface area (Å²) in [5, 5.41) is 0.767. The standard InChI is InChI=1S/C18H23ClO3/c1-21-17(20)22-18(12-4-2-5-13-18)14-6-3-7-15-8-10-16(19)11-9-15/h2,4,8-11H,3,5-7,12-14H2,1H3. The van der Waals surface area contributed by atoms with E-state index in [9.17, 15) is 4.79 Å². The number of carbonyl (C=O) groups is 1. The molecule has 2 rings (SSSR count). The Morgan fingerprint density at radius 3 is 2.64 bits per heavy atom. The zero-order chi connectivity index (χ0) is 15.8. The van der Waals surface area contributed by atoms with Crippen LogP contribution in [0.15, 0.2) is 36.4 Å². The lowest BCUT2D eigenvalue weighted by Gasteiger charge is -2.34. The summed E-state index contributed by atoms with van der Waals surface area (Å²) in [5.41, 5.74) is 0.901. The number of allylic oxidation sites excluding steroid dienone is 1. The van der Waals surface area contributed by atoms with Crippen molar-refractivity contribution in [3.05, 3.63) is 47.0 Å². The third kappa shape index (κ3) is 5.06. The van der Waals surface area contributed by atoms with Crippen LogP contribution < -0.4 is 0 Å². The predicted molar refractivity (Wildman–Crippen MR) is 88.2 cm³/mol. The summed E-state index contributed by atoms with van der Waals surface area (Å²) in [6.45, 7) is 0. The highest BCUT2D eigenvalue weighted by molar-refractivity contribution is 6.30. The zero-order valence-electron chi connectivity index (χ0n) is 13.0. The van der Waals surface area contributed by atoms with Gasteiger partial charge in [0.05, 0.1) is 7.11 Å². The minimum Gasteiger partial charge on any atom is -0.438 e. The number of benzene rings is 1. The van der Waals surface area contributed by atoms with Crippen molar-refractivity contribution in [2.45, 2.75) is 50.5 Å². The molecule has 4 heteroatoms. The molecule has 0 N–H and O–H groups in total. The molecule has 0 saturated carbocycles. The predicted octanol–water partition coefficient (Wildman–Crippen LogP) is 5.31. The van der Waals surface area contributed by atoms with Crippen LogP contribution in [0, 0.1) is 0 Å². The Morgan fingerprint density at radius 2 is 2.00 bits per heavy atom. The number of hydrogen-bond donors (Lipinski definition) is 0. The van der Waals surface area contributed by atoms with E-state index in [0.29, 0.717) is 0 Å². The second kappa shape index (κ2) is 8.23. The zero-order valence-corrected chi connectivity index (χ0v) is 13.8. The normalized spacial score (nSPS) is 20.6. The fourth-order valence-electron chi connectivity index (χ4n) is 2.88. The molecule has 1 aliphatic carbocycles. The Morgan fingerprint density at radius 1 is 1.23 bits per heavy atom. The molecule has 0 aromatic heterocycles. The molecule has 1 aromatic carbocycles. The molecule has 0 fully saturated rings. The van der Waals surface area contributed by atoms with Crippen LogP contribution in [-0.4, -0.2) is 18.9 Å². The van der Waals surface area contributed by atoms with E-state index in [1.54, 1.807) is 0 Å². The summed E-state index contributed by atoms with van der Waals surface area (Å²) in [5.74, 6) is 0. The number of ether oxygens (including phenoxy) is 2. The lowest BCUT2D eigenvalue weighted by atomic mass is 9.84. The van der Waals surface area contributed by atoms with E-state index in [4.69, 9.17) is 16.3 Å². The molecular weight excluding hydrogens is 300 g/mol.